The number of hydrogen-bond donors (Lipinski definition) is 0. The van der Waals surface area contributed by atoms with E-state index >= 15 is 0 Å². The van der Waals surface area contributed by atoms with Gasteiger partial charge in [0, 0.05) is 18.7 Å². The lowest BCUT2D eigenvalue weighted by Crippen LogP contribution is -2.60. The monoisotopic (exact) mass is 362 g/mol. The fraction of sp³-hybridized carbons (Fsp3) is 0.526. The summed E-state index contributed by atoms with van der Waals surface area (Å²) >= 11 is 0. The zero-order valence-corrected chi connectivity index (χ0v) is 15.7. The van der Waals surface area contributed by atoms with Gasteiger partial charge in [0.25, 0.3) is 5.91 Å². The van der Waals surface area contributed by atoms with Crippen molar-refractivity contribution < 1.29 is 23.9 Å². The van der Waals surface area contributed by atoms with Gasteiger partial charge in [-0.05, 0) is 39.8 Å². The van der Waals surface area contributed by atoms with E-state index in [9.17, 15) is 14.4 Å². The van der Waals surface area contributed by atoms with Gasteiger partial charge in [0.05, 0.1) is 13.2 Å². The molecule has 1 fully saturated rings. The Morgan fingerprint density at radius 2 is 1.77 bits per heavy atom. The Hall–Kier alpha value is -2.57. The first-order valence-electron chi connectivity index (χ1n) is 8.73. The van der Waals surface area contributed by atoms with Crippen LogP contribution in [0.4, 0.5) is 4.79 Å². The van der Waals surface area contributed by atoms with E-state index in [0.29, 0.717) is 12.1 Å². The zero-order chi connectivity index (χ0) is 19.3. The van der Waals surface area contributed by atoms with Gasteiger partial charge in [0.1, 0.15) is 11.6 Å². The molecule has 7 nitrogen and oxygen atoms in total. The highest BCUT2D eigenvalue weighted by Crippen LogP contribution is 2.18. The summed E-state index contributed by atoms with van der Waals surface area (Å²) in [5.41, 5.74) is -0.138. The highest BCUT2D eigenvalue weighted by molar-refractivity contribution is 5.97. The molecule has 0 aromatic heterocycles. The average molecular weight is 362 g/mol. The van der Waals surface area contributed by atoms with Gasteiger partial charge < -0.3 is 19.3 Å². The van der Waals surface area contributed by atoms with E-state index in [0.717, 1.165) is 0 Å². The number of nitrogens with zero attached hydrogens (tertiary/aromatic N) is 2. The first-order valence-corrected chi connectivity index (χ1v) is 8.73. The number of amides is 2. The fourth-order valence-corrected chi connectivity index (χ4v) is 2.71. The molecular formula is C19H26N2O5. The number of ether oxygens (including phenoxy) is 2. The van der Waals surface area contributed by atoms with Gasteiger partial charge in [0.2, 0.25) is 0 Å². The van der Waals surface area contributed by atoms with E-state index in [1.165, 1.54) is 9.80 Å². The van der Waals surface area contributed by atoms with Gasteiger partial charge in [-0.1, -0.05) is 18.2 Å². The van der Waals surface area contributed by atoms with E-state index in [1.54, 1.807) is 52.0 Å². The second-order valence-electron chi connectivity index (χ2n) is 7.06. The molecule has 0 N–H and O–H groups in total. The molecule has 1 aliphatic rings. The number of piperazine rings is 1. The fourth-order valence-electron chi connectivity index (χ4n) is 2.71. The lowest BCUT2D eigenvalue weighted by Gasteiger charge is -2.40. The summed E-state index contributed by atoms with van der Waals surface area (Å²) in [5, 5.41) is 0. The van der Waals surface area contributed by atoms with Crippen molar-refractivity contribution in [3.05, 3.63) is 35.9 Å². The maximum atomic E-state index is 12.8. The Balaban J connectivity index is 2.18. The van der Waals surface area contributed by atoms with Gasteiger partial charge in [-0.15, -0.1) is 0 Å². The minimum Gasteiger partial charge on any atom is -0.464 e. The summed E-state index contributed by atoms with van der Waals surface area (Å²) in [7, 11) is 0. The van der Waals surface area contributed by atoms with Gasteiger partial charge in [-0.25, -0.2) is 9.59 Å². The highest BCUT2D eigenvalue weighted by atomic mass is 16.6. The van der Waals surface area contributed by atoms with Crippen molar-refractivity contribution in [2.45, 2.75) is 39.3 Å². The molecule has 1 aromatic carbocycles. The maximum absolute atomic E-state index is 12.8. The largest absolute Gasteiger partial charge is 0.464 e. The van der Waals surface area contributed by atoms with Crippen molar-refractivity contribution >= 4 is 18.0 Å². The van der Waals surface area contributed by atoms with E-state index in [4.69, 9.17) is 9.47 Å². The van der Waals surface area contributed by atoms with Crippen molar-refractivity contribution in [2.24, 2.45) is 0 Å². The minimum atomic E-state index is -0.857. The van der Waals surface area contributed by atoms with Crippen LogP contribution in [-0.4, -0.2) is 65.7 Å². The van der Waals surface area contributed by atoms with Crippen LogP contribution in [0.15, 0.2) is 30.3 Å². The first kappa shape index (κ1) is 19.8. The third-order valence-electron chi connectivity index (χ3n) is 3.87. The Morgan fingerprint density at radius 1 is 1.12 bits per heavy atom. The van der Waals surface area contributed by atoms with Crippen LogP contribution in [-0.2, 0) is 14.3 Å². The van der Waals surface area contributed by atoms with Crippen molar-refractivity contribution in [3.8, 4) is 0 Å². The molecule has 1 heterocycles. The normalized spacial score (nSPS) is 17.6. The van der Waals surface area contributed by atoms with E-state index in [2.05, 4.69) is 0 Å². The summed E-state index contributed by atoms with van der Waals surface area (Å²) in [4.78, 5) is 40.5. The number of esters is 1. The number of hydrogen-bond acceptors (Lipinski definition) is 5. The van der Waals surface area contributed by atoms with E-state index < -0.39 is 23.7 Å². The van der Waals surface area contributed by atoms with Crippen LogP contribution in [0.5, 0.6) is 0 Å². The van der Waals surface area contributed by atoms with Crippen molar-refractivity contribution in [1.82, 2.24) is 9.80 Å². The molecule has 1 aromatic rings. The molecule has 1 atom stereocenters. The first-order chi connectivity index (χ1) is 12.2. The lowest BCUT2D eigenvalue weighted by molar-refractivity contribution is -0.150. The van der Waals surface area contributed by atoms with Gasteiger partial charge in [-0.2, -0.15) is 0 Å². The van der Waals surface area contributed by atoms with E-state index in [1.807, 2.05) is 6.07 Å². The molecule has 0 radical (unpaired) electrons. The minimum absolute atomic E-state index is 0.0479. The Kier molecular flexibility index (Phi) is 6.23. The molecule has 0 aliphatic carbocycles. The molecule has 1 unspecified atom stereocenters. The van der Waals surface area contributed by atoms with Crippen LogP contribution in [0.25, 0.3) is 0 Å². The highest BCUT2D eigenvalue weighted by Gasteiger charge is 2.39. The summed E-state index contributed by atoms with van der Waals surface area (Å²) < 4.78 is 10.5. The van der Waals surface area contributed by atoms with Crippen molar-refractivity contribution in [3.63, 3.8) is 0 Å². The topological polar surface area (TPSA) is 76.2 Å². The van der Waals surface area contributed by atoms with Crippen LogP contribution >= 0.6 is 0 Å². The second kappa shape index (κ2) is 8.21. The maximum Gasteiger partial charge on any atom is 0.410 e. The third-order valence-corrected chi connectivity index (χ3v) is 3.87. The van der Waals surface area contributed by atoms with E-state index in [-0.39, 0.29) is 25.6 Å². The molecule has 1 saturated heterocycles. The molecule has 1 aliphatic heterocycles. The molecule has 7 heteroatoms. The van der Waals surface area contributed by atoms with Crippen LogP contribution in [0.1, 0.15) is 38.1 Å². The van der Waals surface area contributed by atoms with Gasteiger partial charge in [-0.3, -0.25) is 4.79 Å². The van der Waals surface area contributed by atoms with Gasteiger partial charge in [0.15, 0.2) is 0 Å². The predicted molar refractivity (Wildman–Crippen MR) is 95.7 cm³/mol. The average Bonchev–Trinajstić information content (AvgIpc) is 2.60. The lowest BCUT2D eigenvalue weighted by atomic mass is 10.1. The van der Waals surface area contributed by atoms with Gasteiger partial charge >= 0.3 is 12.1 Å². The van der Waals surface area contributed by atoms with Crippen LogP contribution in [0.3, 0.4) is 0 Å². The number of rotatable bonds is 3. The predicted octanol–water partition coefficient (Wildman–Crippen LogP) is 2.31. The Morgan fingerprint density at radius 3 is 2.35 bits per heavy atom. The number of carbonyl (C=O) groups excluding carboxylic acids is 3. The number of carbonyl (C=O) groups is 3. The van der Waals surface area contributed by atoms with Crippen LogP contribution in [0.2, 0.25) is 0 Å². The quantitative estimate of drug-likeness (QED) is 0.771. The summed E-state index contributed by atoms with van der Waals surface area (Å²) in [6, 6.07) is 7.90. The van der Waals surface area contributed by atoms with Crippen LogP contribution < -0.4 is 0 Å². The Bertz CT molecular complexity index is 654. The molecule has 2 rings (SSSR count). The molecule has 2 amide bonds. The molecule has 0 saturated carbocycles. The SMILES string of the molecule is CCOC(=O)C1CN(C(=O)OC(C)(C)C)CCN1C(=O)c1ccccc1. The van der Waals surface area contributed by atoms with Crippen molar-refractivity contribution in [2.75, 3.05) is 26.2 Å². The standard InChI is InChI=1S/C19H26N2O5/c1-5-25-17(23)15-13-20(18(24)26-19(2,3)4)11-12-21(15)16(22)14-9-7-6-8-10-14/h6-10,15H,5,11-13H2,1-4H3. The molecular weight excluding hydrogens is 336 g/mol. The third kappa shape index (κ3) is 4.97. The second-order valence-corrected chi connectivity index (χ2v) is 7.06. The summed E-state index contributed by atoms with van der Waals surface area (Å²) in [6.45, 7) is 7.83. The summed E-state index contributed by atoms with van der Waals surface area (Å²) in [5.74, 6) is -0.780. The molecule has 26 heavy (non-hydrogen) atoms. The smallest absolute Gasteiger partial charge is 0.410 e. The number of benzene rings is 1. The zero-order valence-electron chi connectivity index (χ0n) is 15.7. The molecule has 0 spiro atoms. The molecule has 142 valence electrons. The van der Waals surface area contributed by atoms with Crippen LogP contribution in [0, 0.1) is 0 Å². The molecule has 0 bridgehead atoms. The summed E-state index contributed by atoms with van der Waals surface area (Å²) in [6.07, 6.45) is -0.501. The Labute approximate surface area is 153 Å². The van der Waals surface area contributed by atoms with Crippen molar-refractivity contribution in [1.29, 1.82) is 0 Å².